The fourth-order valence-corrected chi connectivity index (χ4v) is 3.03. The Hall–Kier alpha value is -0.580. The molecule has 1 aromatic heterocycles. The summed E-state index contributed by atoms with van der Waals surface area (Å²) >= 11 is 7.68. The molecule has 0 unspecified atom stereocenters. The molecule has 1 heterocycles. The standard InChI is InChI=1S/C12H15NS3/c1-15-12(14)13-7-6-9-8-16-11-5-3-2-4-10(9)11/h2-5,8H,6-7,15H2,1H3,(H,13,14). The maximum atomic E-state index is 5.15. The molecule has 2 aromatic rings. The quantitative estimate of drug-likeness (QED) is 0.859. The summed E-state index contributed by atoms with van der Waals surface area (Å²) in [6.45, 7) is 0.945. The van der Waals surface area contributed by atoms with Gasteiger partial charge in [-0.25, -0.2) is 11.8 Å². The van der Waals surface area contributed by atoms with Crippen LogP contribution in [-0.2, 0) is 6.42 Å². The van der Waals surface area contributed by atoms with Gasteiger partial charge in [0.15, 0.2) is 0 Å². The van der Waals surface area contributed by atoms with E-state index >= 15 is 0 Å². The van der Waals surface area contributed by atoms with Gasteiger partial charge in [0.05, 0.1) is 0 Å². The fourth-order valence-electron chi connectivity index (χ4n) is 1.63. The Balaban J connectivity index is 2.02. The van der Waals surface area contributed by atoms with E-state index in [1.165, 1.54) is 15.6 Å². The third kappa shape index (κ3) is 2.75. The van der Waals surface area contributed by atoms with Crippen molar-refractivity contribution in [2.24, 2.45) is 0 Å². The summed E-state index contributed by atoms with van der Waals surface area (Å²) in [5.41, 5.74) is 1.43. The van der Waals surface area contributed by atoms with Crippen molar-refractivity contribution in [2.45, 2.75) is 6.42 Å². The lowest BCUT2D eigenvalue weighted by molar-refractivity contribution is 0.890. The van der Waals surface area contributed by atoms with Crippen LogP contribution in [0.1, 0.15) is 5.56 Å². The van der Waals surface area contributed by atoms with Gasteiger partial charge in [-0.2, -0.15) is 0 Å². The molecule has 0 amide bonds. The van der Waals surface area contributed by atoms with Gasteiger partial charge in [-0.05, 0) is 35.1 Å². The second kappa shape index (κ2) is 5.66. The number of fused-ring (bicyclic) bond motifs is 1. The molecule has 1 N–H and O–H groups in total. The largest absolute Gasteiger partial charge is 0.372 e. The lowest BCUT2D eigenvalue weighted by atomic mass is 10.1. The van der Waals surface area contributed by atoms with Crippen LogP contribution in [-0.4, -0.2) is 17.1 Å². The number of thiocarbonyl (C=S) groups is 1. The van der Waals surface area contributed by atoms with E-state index in [0.29, 0.717) is 11.8 Å². The van der Waals surface area contributed by atoms with E-state index in [0.717, 1.165) is 17.3 Å². The molecule has 86 valence electrons. The van der Waals surface area contributed by atoms with Crippen molar-refractivity contribution in [1.82, 2.24) is 5.32 Å². The first-order valence-electron chi connectivity index (χ1n) is 5.22. The number of benzene rings is 1. The van der Waals surface area contributed by atoms with Crippen LogP contribution in [0.2, 0.25) is 0 Å². The Bertz CT molecular complexity index is 490. The Morgan fingerprint density at radius 3 is 3.06 bits per heavy atom. The first-order chi connectivity index (χ1) is 7.81. The zero-order chi connectivity index (χ0) is 11.4. The third-order valence-electron chi connectivity index (χ3n) is 2.47. The zero-order valence-corrected chi connectivity index (χ0v) is 11.8. The number of hydrogen-bond acceptors (Lipinski definition) is 2. The first-order valence-corrected chi connectivity index (χ1v) is 8.00. The molecule has 0 spiro atoms. The molecule has 2 rings (SSSR count). The normalized spacial score (nSPS) is 11.8. The van der Waals surface area contributed by atoms with Crippen molar-refractivity contribution < 1.29 is 0 Å². The predicted octanol–water partition coefficient (Wildman–Crippen LogP) is 3.15. The summed E-state index contributed by atoms with van der Waals surface area (Å²) in [7, 11) is 0. The smallest absolute Gasteiger partial charge is 0.111 e. The predicted molar refractivity (Wildman–Crippen MR) is 82.4 cm³/mol. The molecule has 0 saturated heterocycles. The average molecular weight is 269 g/mol. The van der Waals surface area contributed by atoms with Crippen molar-refractivity contribution in [3.05, 3.63) is 35.2 Å². The highest BCUT2D eigenvalue weighted by Crippen LogP contribution is 2.25. The molecular weight excluding hydrogens is 254 g/mol. The number of nitrogens with one attached hydrogen (secondary N) is 1. The lowest BCUT2D eigenvalue weighted by Crippen LogP contribution is -2.20. The van der Waals surface area contributed by atoms with Crippen molar-refractivity contribution in [3.63, 3.8) is 0 Å². The highest BCUT2D eigenvalue weighted by molar-refractivity contribution is 8.22. The molecule has 0 aliphatic heterocycles. The van der Waals surface area contributed by atoms with Crippen LogP contribution in [0.3, 0.4) is 0 Å². The Morgan fingerprint density at radius 1 is 1.44 bits per heavy atom. The summed E-state index contributed by atoms with van der Waals surface area (Å²) < 4.78 is 2.36. The third-order valence-corrected chi connectivity index (χ3v) is 4.87. The summed E-state index contributed by atoms with van der Waals surface area (Å²) in [5, 5.41) is 6.93. The van der Waals surface area contributed by atoms with Crippen LogP contribution in [0, 0.1) is 0 Å². The zero-order valence-electron chi connectivity index (χ0n) is 9.12. The van der Waals surface area contributed by atoms with Gasteiger partial charge in [-0.15, -0.1) is 11.3 Å². The summed E-state index contributed by atoms with van der Waals surface area (Å²) in [5.74, 6) is 0. The maximum absolute atomic E-state index is 5.15. The molecule has 0 atom stereocenters. The SMILES string of the molecule is C[SH2]C(=S)NCCc1csc2ccccc12. The van der Waals surface area contributed by atoms with Gasteiger partial charge in [0.1, 0.15) is 4.32 Å². The van der Waals surface area contributed by atoms with Gasteiger partial charge in [0, 0.05) is 11.2 Å². The first kappa shape index (κ1) is 11.9. The molecular formula is C12H15NS3. The Kier molecular flexibility index (Phi) is 4.21. The molecule has 4 heteroatoms. The molecule has 0 fully saturated rings. The maximum Gasteiger partial charge on any atom is 0.111 e. The Morgan fingerprint density at radius 2 is 2.25 bits per heavy atom. The van der Waals surface area contributed by atoms with Crippen molar-refractivity contribution >= 4 is 49.7 Å². The van der Waals surface area contributed by atoms with Crippen LogP contribution < -0.4 is 5.32 Å². The van der Waals surface area contributed by atoms with Gasteiger partial charge < -0.3 is 5.32 Å². The summed E-state index contributed by atoms with van der Waals surface area (Å²) in [6.07, 6.45) is 3.16. The van der Waals surface area contributed by atoms with Gasteiger partial charge in [0.2, 0.25) is 0 Å². The second-order valence-electron chi connectivity index (χ2n) is 3.51. The van der Waals surface area contributed by atoms with E-state index in [9.17, 15) is 0 Å². The minimum atomic E-state index is 0.711. The highest BCUT2D eigenvalue weighted by Gasteiger charge is 2.02. The van der Waals surface area contributed by atoms with E-state index in [1.807, 2.05) is 11.3 Å². The van der Waals surface area contributed by atoms with Crippen LogP contribution in [0.5, 0.6) is 0 Å². The lowest BCUT2D eigenvalue weighted by Gasteiger charge is -2.05. The highest BCUT2D eigenvalue weighted by atomic mass is 32.2. The molecule has 1 aromatic carbocycles. The van der Waals surface area contributed by atoms with Gasteiger partial charge >= 0.3 is 0 Å². The van der Waals surface area contributed by atoms with Crippen molar-refractivity contribution in [2.75, 3.05) is 12.8 Å². The number of rotatable bonds is 3. The second-order valence-corrected chi connectivity index (χ2v) is 6.19. The summed E-state index contributed by atoms with van der Waals surface area (Å²) in [4.78, 5) is 0. The number of hydrogen-bond donors (Lipinski definition) is 1. The molecule has 0 saturated carbocycles. The van der Waals surface area contributed by atoms with E-state index in [4.69, 9.17) is 12.2 Å². The molecule has 0 radical (unpaired) electrons. The minimum Gasteiger partial charge on any atom is -0.372 e. The summed E-state index contributed by atoms with van der Waals surface area (Å²) in [6, 6.07) is 8.56. The van der Waals surface area contributed by atoms with Crippen LogP contribution in [0.4, 0.5) is 0 Å². The topological polar surface area (TPSA) is 12.0 Å². The van der Waals surface area contributed by atoms with Gasteiger partial charge in [0.25, 0.3) is 0 Å². The van der Waals surface area contributed by atoms with Crippen LogP contribution >= 0.6 is 35.3 Å². The minimum absolute atomic E-state index is 0.711. The van der Waals surface area contributed by atoms with E-state index < -0.39 is 0 Å². The molecule has 0 aliphatic rings. The molecule has 0 aliphatic carbocycles. The van der Waals surface area contributed by atoms with Crippen molar-refractivity contribution in [1.29, 1.82) is 0 Å². The van der Waals surface area contributed by atoms with E-state index in [2.05, 4.69) is 41.2 Å². The monoisotopic (exact) mass is 269 g/mol. The average Bonchev–Trinajstić information content (AvgIpc) is 2.73. The van der Waals surface area contributed by atoms with Gasteiger partial charge in [-0.3, -0.25) is 0 Å². The van der Waals surface area contributed by atoms with Crippen LogP contribution in [0.25, 0.3) is 10.1 Å². The van der Waals surface area contributed by atoms with Crippen LogP contribution in [0.15, 0.2) is 29.6 Å². The van der Waals surface area contributed by atoms with Crippen molar-refractivity contribution in [3.8, 4) is 0 Å². The number of thiophene rings is 1. The molecule has 16 heavy (non-hydrogen) atoms. The van der Waals surface area contributed by atoms with E-state index in [-0.39, 0.29) is 0 Å². The molecule has 1 nitrogen and oxygen atoms in total. The molecule has 0 bridgehead atoms. The Labute approximate surface area is 109 Å². The van der Waals surface area contributed by atoms with Gasteiger partial charge in [-0.1, -0.05) is 30.4 Å². The fraction of sp³-hybridized carbons (Fsp3) is 0.250. The van der Waals surface area contributed by atoms with E-state index in [1.54, 1.807) is 0 Å².